The molecule has 1 N–H and O–H groups in total. The molecule has 0 aromatic heterocycles. The molecule has 0 bridgehead atoms. The van der Waals surface area contributed by atoms with Gasteiger partial charge in [-0.1, -0.05) is 6.07 Å². The third kappa shape index (κ3) is 3.11. The van der Waals surface area contributed by atoms with Crippen molar-refractivity contribution >= 4 is 27.6 Å². The highest BCUT2D eigenvalue weighted by molar-refractivity contribution is 9.10. The lowest BCUT2D eigenvalue weighted by Gasteiger charge is -2.26. The molecule has 2 saturated carbocycles. The van der Waals surface area contributed by atoms with Gasteiger partial charge in [-0.3, -0.25) is 0 Å². The number of benzene rings is 1. The number of nitrogens with zero attached hydrogens (tertiary/aromatic N) is 1. The maximum absolute atomic E-state index is 11.5. The zero-order valence-corrected chi connectivity index (χ0v) is 12.4. The average molecular weight is 324 g/mol. The van der Waals surface area contributed by atoms with Crippen LogP contribution in [0, 0.1) is 11.8 Å². The van der Waals surface area contributed by atoms with Gasteiger partial charge in [-0.05, 0) is 65.6 Å². The Morgan fingerprint density at radius 1 is 1.21 bits per heavy atom. The van der Waals surface area contributed by atoms with Gasteiger partial charge in [-0.25, -0.2) is 4.79 Å². The Labute approximate surface area is 121 Å². The van der Waals surface area contributed by atoms with Crippen molar-refractivity contribution in [3.63, 3.8) is 0 Å². The topological polar surface area (TPSA) is 40.5 Å². The lowest BCUT2D eigenvalue weighted by Crippen LogP contribution is -2.29. The van der Waals surface area contributed by atoms with Crippen molar-refractivity contribution < 1.29 is 9.90 Å². The van der Waals surface area contributed by atoms with E-state index >= 15 is 0 Å². The first-order chi connectivity index (χ1) is 9.15. The molecule has 0 amide bonds. The predicted molar refractivity (Wildman–Crippen MR) is 78.8 cm³/mol. The second-order valence-corrected chi connectivity index (χ2v) is 6.59. The minimum atomic E-state index is -0.848. The molecule has 0 saturated heterocycles. The van der Waals surface area contributed by atoms with E-state index in [2.05, 4.69) is 20.8 Å². The number of aromatic carboxylic acids is 1. The van der Waals surface area contributed by atoms with E-state index in [1.807, 2.05) is 12.1 Å². The summed E-state index contributed by atoms with van der Waals surface area (Å²) in [5.74, 6) is 0.679. The van der Waals surface area contributed by atoms with E-state index < -0.39 is 5.97 Å². The molecule has 102 valence electrons. The molecule has 2 aliphatic carbocycles. The third-order valence-corrected chi connectivity index (χ3v) is 4.56. The molecule has 1 aromatic carbocycles. The Hall–Kier alpha value is -1.03. The minimum absolute atomic E-state index is 0.406. The second kappa shape index (κ2) is 5.16. The van der Waals surface area contributed by atoms with Crippen molar-refractivity contribution in [2.45, 2.75) is 25.7 Å². The van der Waals surface area contributed by atoms with Crippen LogP contribution in [-0.2, 0) is 0 Å². The van der Waals surface area contributed by atoms with E-state index in [1.54, 1.807) is 6.07 Å². The van der Waals surface area contributed by atoms with E-state index in [0.717, 1.165) is 30.6 Å². The fraction of sp³-hybridized carbons (Fsp3) is 0.533. The normalized spacial score (nSPS) is 18.4. The standard InChI is InChI=1S/C15H18BrNO2/c16-12-2-1-3-13(14(12)15(18)19)17(8-10-4-5-10)9-11-6-7-11/h1-3,10-11H,4-9H2,(H,18,19). The lowest BCUT2D eigenvalue weighted by atomic mass is 10.1. The molecule has 1 aromatic rings. The van der Waals surface area contributed by atoms with E-state index in [4.69, 9.17) is 0 Å². The summed E-state index contributed by atoms with van der Waals surface area (Å²) in [5, 5.41) is 9.44. The van der Waals surface area contributed by atoms with E-state index in [0.29, 0.717) is 10.0 Å². The quantitative estimate of drug-likeness (QED) is 0.866. The summed E-state index contributed by atoms with van der Waals surface area (Å²) in [6, 6.07) is 5.68. The van der Waals surface area contributed by atoms with Gasteiger partial charge in [-0.2, -0.15) is 0 Å². The fourth-order valence-corrected chi connectivity index (χ4v) is 3.01. The van der Waals surface area contributed by atoms with E-state index in [-0.39, 0.29) is 0 Å². The number of anilines is 1. The van der Waals surface area contributed by atoms with Gasteiger partial charge in [0.05, 0.1) is 11.3 Å². The Balaban J connectivity index is 1.90. The molecule has 3 rings (SSSR count). The summed E-state index contributed by atoms with van der Waals surface area (Å²) in [6.45, 7) is 2.01. The highest BCUT2D eigenvalue weighted by atomic mass is 79.9. The highest BCUT2D eigenvalue weighted by Gasteiger charge is 2.31. The van der Waals surface area contributed by atoms with Crippen LogP contribution in [-0.4, -0.2) is 24.2 Å². The molecular weight excluding hydrogens is 306 g/mol. The summed E-state index contributed by atoms with van der Waals surface area (Å²) >= 11 is 3.37. The van der Waals surface area contributed by atoms with Crippen molar-refractivity contribution in [2.75, 3.05) is 18.0 Å². The number of hydrogen-bond acceptors (Lipinski definition) is 2. The van der Waals surface area contributed by atoms with Crippen LogP contribution in [0.15, 0.2) is 22.7 Å². The molecule has 0 unspecified atom stereocenters. The zero-order chi connectivity index (χ0) is 13.4. The second-order valence-electron chi connectivity index (χ2n) is 5.73. The zero-order valence-electron chi connectivity index (χ0n) is 10.8. The van der Waals surface area contributed by atoms with Crippen LogP contribution < -0.4 is 4.90 Å². The summed E-state index contributed by atoms with van der Waals surface area (Å²) in [7, 11) is 0. The number of carboxylic acid groups (broad SMARTS) is 1. The number of carboxylic acids is 1. The monoisotopic (exact) mass is 323 g/mol. The Morgan fingerprint density at radius 3 is 2.26 bits per heavy atom. The number of hydrogen-bond donors (Lipinski definition) is 1. The molecule has 2 fully saturated rings. The van der Waals surface area contributed by atoms with Gasteiger partial charge in [0.25, 0.3) is 0 Å². The molecular formula is C15H18BrNO2. The molecule has 2 aliphatic rings. The molecule has 0 aliphatic heterocycles. The van der Waals surface area contributed by atoms with Crippen molar-refractivity contribution in [1.29, 1.82) is 0 Å². The number of rotatable bonds is 6. The van der Waals surface area contributed by atoms with Crippen LogP contribution in [0.1, 0.15) is 36.0 Å². The van der Waals surface area contributed by atoms with Gasteiger partial charge in [0, 0.05) is 17.6 Å². The first-order valence-corrected chi connectivity index (χ1v) is 7.71. The van der Waals surface area contributed by atoms with Gasteiger partial charge >= 0.3 is 5.97 Å². The SMILES string of the molecule is O=C(O)c1c(Br)cccc1N(CC1CC1)CC1CC1. The maximum atomic E-state index is 11.5. The molecule has 0 atom stereocenters. The Morgan fingerprint density at radius 2 is 1.79 bits per heavy atom. The molecule has 4 heteroatoms. The molecule has 0 heterocycles. The third-order valence-electron chi connectivity index (χ3n) is 3.90. The fourth-order valence-electron chi connectivity index (χ4n) is 2.48. The number of halogens is 1. The van der Waals surface area contributed by atoms with E-state index in [9.17, 15) is 9.90 Å². The maximum Gasteiger partial charge on any atom is 0.338 e. The summed E-state index contributed by atoms with van der Waals surface area (Å²) in [5.41, 5.74) is 1.28. The van der Waals surface area contributed by atoms with Crippen molar-refractivity contribution in [2.24, 2.45) is 11.8 Å². The van der Waals surface area contributed by atoms with Crippen LogP contribution >= 0.6 is 15.9 Å². The van der Waals surface area contributed by atoms with Crippen LogP contribution in [0.5, 0.6) is 0 Å². The largest absolute Gasteiger partial charge is 0.478 e. The van der Waals surface area contributed by atoms with Gasteiger partial charge in [0.15, 0.2) is 0 Å². The van der Waals surface area contributed by atoms with Gasteiger partial charge in [0.1, 0.15) is 0 Å². The minimum Gasteiger partial charge on any atom is -0.478 e. The summed E-state index contributed by atoms with van der Waals surface area (Å²) < 4.78 is 0.675. The lowest BCUT2D eigenvalue weighted by molar-refractivity contribution is 0.0696. The summed E-state index contributed by atoms with van der Waals surface area (Å²) in [4.78, 5) is 13.8. The summed E-state index contributed by atoms with van der Waals surface area (Å²) in [6.07, 6.45) is 5.16. The average Bonchev–Trinajstić information content (AvgIpc) is 3.22. The Bertz CT molecular complexity index is 481. The highest BCUT2D eigenvalue weighted by Crippen LogP contribution is 2.37. The first kappa shape index (κ1) is 13.0. The van der Waals surface area contributed by atoms with Crippen LogP contribution in [0.3, 0.4) is 0 Å². The predicted octanol–water partition coefficient (Wildman–Crippen LogP) is 3.77. The molecule has 19 heavy (non-hydrogen) atoms. The van der Waals surface area contributed by atoms with Crippen molar-refractivity contribution in [3.8, 4) is 0 Å². The van der Waals surface area contributed by atoms with Gasteiger partial charge < -0.3 is 10.0 Å². The van der Waals surface area contributed by atoms with Gasteiger partial charge in [-0.15, -0.1) is 0 Å². The van der Waals surface area contributed by atoms with Crippen LogP contribution in [0.25, 0.3) is 0 Å². The Kier molecular flexibility index (Phi) is 3.52. The first-order valence-electron chi connectivity index (χ1n) is 6.92. The number of carbonyl (C=O) groups is 1. The molecule has 0 radical (unpaired) electrons. The van der Waals surface area contributed by atoms with Gasteiger partial charge in [0.2, 0.25) is 0 Å². The molecule has 0 spiro atoms. The van der Waals surface area contributed by atoms with Crippen LogP contribution in [0.2, 0.25) is 0 Å². The van der Waals surface area contributed by atoms with Crippen LogP contribution in [0.4, 0.5) is 5.69 Å². The smallest absolute Gasteiger partial charge is 0.338 e. The molecule has 3 nitrogen and oxygen atoms in total. The van der Waals surface area contributed by atoms with Crippen molar-refractivity contribution in [1.82, 2.24) is 0 Å². The van der Waals surface area contributed by atoms with E-state index in [1.165, 1.54) is 25.7 Å². The van der Waals surface area contributed by atoms with Crippen molar-refractivity contribution in [3.05, 3.63) is 28.2 Å².